The zero-order chi connectivity index (χ0) is 15.6. The molecule has 7 nitrogen and oxygen atoms in total. The number of nitrogens with one attached hydrogen (secondary N) is 1. The van der Waals surface area contributed by atoms with Crippen LogP contribution in [0.25, 0.3) is 0 Å². The standard InChI is InChI=1S/C13H18N4O3S/c1-8-6-11(14)7-12(9(8)2)21(18,19)15-5-4-13-16-10(3)17-20-13/h6-7,15H,4-5,14H2,1-3H3. The van der Waals surface area contributed by atoms with Gasteiger partial charge in [-0.05, 0) is 44.0 Å². The van der Waals surface area contributed by atoms with E-state index in [2.05, 4.69) is 14.9 Å². The molecular formula is C13H18N4O3S. The Morgan fingerprint density at radius 1 is 1.29 bits per heavy atom. The summed E-state index contributed by atoms with van der Waals surface area (Å²) >= 11 is 0. The Hall–Kier alpha value is -1.93. The minimum absolute atomic E-state index is 0.178. The van der Waals surface area contributed by atoms with Gasteiger partial charge in [0.05, 0.1) is 4.90 Å². The van der Waals surface area contributed by atoms with Gasteiger partial charge in [0.25, 0.3) is 0 Å². The lowest BCUT2D eigenvalue weighted by atomic mass is 10.1. The minimum atomic E-state index is -3.62. The fourth-order valence-corrected chi connectivity index (χ4v) is 3.33. The molecule has 0 spiro atoms. The van der Waals surface area contributed by atoms with E-state index >= 15 is 0 Å². The van der Waals surface area contributed by atoms with Crippen molar-refractivity contribution >= 4 is 15.7 Å². The molecule has 8 heteroatoms. The highest BCUT2D eigenvalue weighted by Gasteiger charge is 2.18. The van der Waals surface area contributed by atoms with Crippen molar-refractivity contribution in [3.05, 3.63) is 35.0 Å². The number of rotatable bonds is 5. The first-order valence-corrected chi connectivity index (χ1v) is 7.93. The van der Waals surface area contributed by atoms with Gasteiger partial charge < -0.3 is 10.3 Å². The first-order valence-electron chi connectivity index (χ1n) is 6.45. The summed E-state index contributed by atoms with van der Waals surface area (Å²) in [5.74, 6) is 0.922. The van der Waals surface area contributed by atoms with Crippen LogP contribution in [0.2, 0.25) is 0 Å². The Morgan fingerprint density at radius 3 is 2.62 bits per heavy atom. The summed E-state index contributed by atoms with van der Waals surface area (Å²) in [7, 11) is -3.62. The van der Waals surface area contributed by atoms with Crippen molar-refractivity contribution in [2.75, 3.05) is 12.3 Å². The second-order valence-electron chi connectivity index (χ2n) is 4.84. The molecular weight excluding hydrogens is 292 g/mol. The lowest BCUT2D eigenvalue weighted by Gasteiger charge is -2.11. The van der Waals surface area contributed by atoms with Crippen LogP contribution in [0.5, 0.6) is 0 Å². The highest BCUT2D eigenvalue weighted by atomic mass is 32.2. The SMILES string of the molecule is Cc1noc(CCNS(=O)(=O)c2cc(N)cc(C)c2C)n1. The normalized spacial score (nSPS) is 11.8. The molecule has 114 valence electrons. The Morgan fingerprint density at radius 2 is 2.00 bits per heavy atom. The van der Waals surface area contributed by atoms with Gasteiger partial charge in [-0.15, -0.1) is 0 Å². The van der Waals surface area contributed by atoms with Crippen LogP contribution in [0.15, 0.2) is 21.6 Å². The largest absolute Gasteiger partial charge is 0.399 e. The average molecular weight is 310 g/mol. The highest BCUT2D eigenvalue weighted by molar-refractivity contribution is 7.89. The third-order valence-corrected chi connectivity index (χ3v) is 4.72. The zero-order valence-electron chi connectivity index (χ0n) is 12.2. The summed E-state index contributed by atoms with van der Waals surface area (Å²) in [6.07, 6.45) is 0.334. The molecule has 0 saturated heterocycles. The van der Waals surface area contributed by atoms with Gasteiger partial charge in [0, 0.05) is 18.7 Å². The van der Waals surface area contributed by atoms with E-state index in [0.29, 0.717) is 29.4 Å². The molecule has 0 amide bonds. The number of aryl methyl sites for hydroxylation is 2. The van der Waals surface area contributed by atoms with E-state index in [1.165, 1.54) is 6.07 Å². The Bertz CT molecular complexity index is 753. The van der Waals surface area contributed by atoms with E-state index in [9.17, 15) is 8.42 Å². The summed E-state index contributed by atoms with van der Waals surface area (Å²) in [5.41, 5.74) is 7.67. The highest BCUT2D eigenvalue weighted by Crippen LogP contribution is 2.22. The molecule has 2 aromatic rings. The van der Waals surface area contributed by atoms with Gasteiger partial charge in [0.1, 0.15) is 0 Å². The first-order chi connectivity index (χ1) is 9.79. The Kier molecular flexibility index (Phi) is 4.29. The van der Waals surface area contributed by atoms with Gasteiger partial charge >= 0.3 is 0 Å². The molecule has 0 aliphatic rings. The van der Waals surface area contributed by atoms with Crippen LogP contribution in [-0.2, 0) is 16.4 Å². The monoisotopic (exact) mass is 310 g/mol. The number of sulfonamides is 1. The molecule has 0 saturated carbocycles. The number of nitrogens with two attached hydrogens (primary N) is 1. The van der Waals surface area contributed by atoms with Crippen molar-refractivity contribution in [2.45, 2.75) is 32.1 Å². The van der Waals surface area contributed by atoms with Gasteiger partial charge in [-0.1, -0.05) is 5.16 Å². The van der Waals surface area contributed by atoms with Crippen molar-refractivity contribution in [3.8, 4) is 0 Å². The van der Waals surface area contributed by atoms with Crippen molar-refractivity contribution in [2.24, 2.45) is 0 Å². The molecule has 0 aliphatic carbocycles. The maximum atomic E-state index is 12.3. The molecule has 0 unspecified atom stereocenters. The fourth-order valence-electron chi connectivity index (χ4n) is 1.94. The molecule has 0 atom stereocenters. The van der Waals surface area contributed by atoms with Crippen LogP contribution in [-0.4, -0.2) is 25.1 Å². The van der Waals surface area contributed by atoms with Crippen molar-refractivity contribution in [1.82, 2.24) is 14.9 Å². The predicted molar refractivity (Wildman–Crippen MR) is 78.3 cm³/mol. The second kappa shape index (κ2) is 5.82. The molecule has 1 heterocycles. The van der Waals surface area contributed by atoms with Gasteiger partial charge in [-0.2, -0.15) is 4.98 Å². The number of hydrogen-bond donors (Lipinski definition) is 2. The molecule has 21 heavy (non-hydrogen) atoms. The fraction of sp³-hybridized carbons (Fsp3) is 0.385. The van der Waals surface area contributed by atoms with E-state index in [-0.39, 0.29) is 11.4 Å². The van der Waals surface area contributed by atoms with Crippen molar-refractivity contribution in [3.63, 3.8) is 0 Å². The van der Waals surface area contributed by atoms with Gasteiger partial charge in [0.15, 0.2) is 5.82 Å². The first kappa shape index (κ1) is 15.5. The Labute approximate surface area is 123 Å². The maximum Gasteiger partial charge on any atom is 0.240 e. The van der Waals surface area contributed by atoms with Crippen molar-refractivity contribution < 1.29 is 12.9 Å². The number of nitrogens with zero attached hydrogens (tertiary/aromatic N) is 2. The second-order valence-corrected chi connectivity index (χ2v) is 6.58. The smallest absolute Gasteiger partial charge is 0.240 e. The van der Waals surface area contributed by atoms with E-state index in [4.69, 9.17) is 10.3 Å². The van der Waals surface area contributed by atoms with Crippen LogP contribution >= 0.6 is 0 Å². The zero-order valence-corrected chi connectivity index (χ0v) is 13.0. The summed E-state index contributed by atoms with van der Waals surface area (Å²) < 4.78 is 32.1. The van der Waals surface area contributed by atoms with Gasteiger partial charge in [-0.3, -0.25) is 0 Å². The lowest BCUT2D eigenvalue weighted by Crippen LogP contribution is -2.27. The van der Waals surface area contributed by atoms with Crippen LogP contribution < -0.4 is 10.5 Å². The number of nitrogen functional groups attached to an aromatic ring is 1. The van der Waals surface area contributed by atoms with E-state index in [0.717, 1.165) is 5.56 Å². The topological polar surface area (TPSA) is 111 Å². The van der Waals surface area contributed by atoms with E-state index in [1.54, 1.807) is 19.9 Å². The van der Waals surface area contributed by atoms with Crippen LogP contribution in [0.4, 0.5) is 5.69 Å². The van der Waals surface area contributed by atoms with Crippen LogP contribution in [0.1, 0.15) is 22.8 Å². The van der Waals surface area contributed by atoms with Crippen LogP contribution in [0.3, 0.4) is 0 Å². The van der Waals surface area contributed by atoms with Gasteiger partial charge in [-0.25, -0.2) is 13.1 Å². The Balaban J connectivity index is 2.12. The lowest BCUT2D eigenvalue weighted by molar-refractivity contribution is 0.375. The minimum Gasteiger partial charge on any atom is -0.399 e. The molecule has 0 fully saturated rings. The molecule has 2 rings (SSSR count). The molecule has 3 N–H and O–H groups in total. The molecule has 1 aromatic heterocycles. The summed E-state index contributed by atoms with van der Waals surface area (Å²) in [6, 6.07) is 3.21. The predicted octanol–water partition coefficient (Wildman–Crippen LogP) is 1.10. The van der Waals surface area contributed by atoms with E-state index < -0.39 is 10.0 Å². The average Bonchev–Trinajstić information content (AvgIpc) is 2.79. The van der Waals surface area contributed by atoms with Crippen molar-refractivity contribution in [1.29, 1.82) is 0 Å². The van der Waals surface area contributed by atoms with Gasteiger partial charge in [0.2, 0.25) is 15.9 Å². The number of hydrogen-bond acceptors (Lipinski definition) is 6. The number of aromatic nitrogens is 2. The quantitative estimate of drug-likeness (QED) is 0.800. The summed E-state index contributed by atoms with van der Waals surface area (Å²) in [6.45, 7) is 5.46. The number of anilines is 1. The van der Waals surface area contributed by atoms with Crippen LogP contribution in [0, 0.1) is 20.8 Å². The molecule has 0 aliphatic heterocycles. The molecule has 1 aromatic carbocycles. The molecule has 0 bridgehead atoms. The number of benzene rings is 1. The molecule has 0 radical (unpaired) electrons. The third-order valence-electron chi connectivity index (χ3n) is 3.13. The maximum absolute atomic E-state index is 12.3. The summed E-state index contributed by atoms with van der Waals surface area (Å²) in [4.78, 5) is 4.21. The third kappa shape index (κ3) is 3.59. The summed E-state index contributed by atoms with van der Waals surface area (Å²) in [5, 5.41) is 3.65. The van der Waals surface area contributed by atoms with E-state index in [1.807, 2.05) is 6.92 Å².